The summed E-state index contributed by atoms with van der Waals surface area (Å²) in [4.78, 5) is 11.3. The Hall–Kier alpha value is -11.4. The van der Waals surface area contributed by atoms with Crippen molar-refractivity contribution in [2.24, 2.45) is 0 Å². The summed E-state index contributed by atoms with van der Waals surface area (Å²) in [5.74, 6) is 0.672. The molecule has 444 valence electrons. The van der Waals surface area contributed by atoms with Crippen LogP contribution in [0.5, 0.6) is 0 Å². The highest BCUT2D eigenvalue weighted by Crippen LogP contribution is 2.57. The first-order valence-electron chi connectivity index (χ1n) is 33.1. The second-order valence-corrected chi connectivity index (χ2v) is 28.0. The van der Waals surface area contributed by atoms with Gasteiger partial charge in [0.05, 0.1) is 44.3 Å². The third-order valence-electron chi connectivity index (χ3n) is 22.0. The minimum atomic E-state index is -0.176. The summed E-state index contributed by atoms with van der Waals surface area (Å²) in [5.41, 5.74) is 32.1. The van der Waals surface area contributed by atoms with Crippen LogP contribution in [-0.4, -0.2) is 23.7 Å². The SMILES string of the molecule is CC1(C)c2ccccc2-c2ccc3c(c21)c1ccccc1n3-c1ccc(-c2nc(-c3cccc(-n4c5ccccc5c5c6c(ccc54)-c4ccccc4C6(C)C)c3)nc3ccc(-c4cccc(-n5c6ccccc6c6c7c(ccc65)-c5ccccc5C7(C)C)c4)cc23)cc1. The van der Waals surface area contributed by atoms with E-state index in [0.29, 0.717) is 5.82 Å². The van der Waals surface area contributed by atoms with Crippen molar-refractivity contribution in [2.45, 2.75) is 57.8 Å². The van der Waals surface area contributed by atoms with Gasteiger partial charge in [-0.3, -0.25) is 0 Å². The van der Waals surface area contributed by atoms with Crippen LogP contribution in [0.25, 0.3) is 161 Å². The summed E-state index contributed by atoms with van der Waals surface area (Å²) in [6.45, 7) is 14.3. The molecule has 13 aromatic carbocycles. The number of nitrogens with zero attached hydrogens (tertiary/aromatic N) is 5. The van der Waals surface area contributed by atoms with Crippen molar-refractivity contribution in [3.8, 4) is 84.2 Å². The van der Waals surface area contributed by atoms with Crippen LogP contribution >= 0.6 is 0 Å². The van der Waals surface area contributed by atoms with Crippen LogP contribution in [0.15, 0.2) is 273 Å². The lowest BCUT2D eigenvalue weighted by Gasteiger charge is -2.22. The highest BCUT2D eigenvalue weighted by atomic mass is 15.0. The molecule has 0 amide bonds. The molecule has 0 aliphatic heterocycles. The van der Waals surface area contributed by atoms with Gasteiger partial charge in [0.25, 0.3) is 0 Å². The van der Waals surface area contributed by atoms with Gasteiger partial charge in [0, 0.05) is 82.1 Å². The molecule has 0 spiro atoms. The second-order valence-electron chi connectivity index (χ2n) is 28.0. The molecular formula is C89H63N5. The fraction of sp³-hybridized carbons (Fsp3) is 0.101. The Kier molecular flexibility index (Phi) is 10.7. The maximum absolute atomic E-state index is 5.73. The van der Waals surface area contributed by atoms with E-state index in [9.17, 15) is 0 Å². The zero-order valence-electron chi connectivity index (χ0n) is 53.2. The van der Waals surface area contributed by atoms with Crippen molar-refractivity contribution in [2.75, 3.05) is 0 Å². The van der Waals surface area contributed by atoms with Crippen molar-refractivity contribution in [1.82, 2.24) is 23.7 Å². The first kappa shape index (κ1) is 53.3. The van der Waals surface area contributed by atoms with E-state index in [-0.39, 0.29) is 16.2 Å². The van der Waals surface area contributed by atoms with Gasteiger partial charge in [-0.1, -0.05) is 230 Å². The van der Waals surface area contributed by atoms with Crippen molar-refractivity contribution < 1.29 is 0 Å². The highest BCUT2D eigenvalue weighted by molar-refractivity contribution is 6.17. The molecule has 0 saturated carbocycles. The van der Waals surface area contributed by atoms with Crippen LogP contribution in [0.1, 0.15) is 74.9 Å². The normalized spacial score (nSPS) is 14.5. The number of rotatable bonds is 6. The molecule has 94 heavy (non-hydrogen) atoms. The molecule has 3 aliphatic rings. The van der Waals surface area contributed by atoms with E-state index in [1.807, 2.05) is 0 Å². The molecule has 0 fully saturated rings. The summed E-state index contributed by atoms with van der Waals surface area (Å²) in [6, 6.07) is 102. The first-order valence-corrected chi connectivity index (χ1v) is 33.1. The molecule has 0 radical (unpaired) electrons. The van der Waals surface area contributed by atoms with E-state index >= 15 is 0 Å². The average molecular weight is 1200 g/mol. The van der Waals surface area contributed by atoms with Gasteiger partial charge in [-0.15, -0.1) is 0 Å². The van der Waals surface area contributed by atoms with E-state index < -0.39 is 0 Å². The quantitative estimate of drug-likeness (QED) is 0.166. The molecule has 5 nitrogen and oxygen atoms in total. The molecule has 0 bridgehead atoms. The predicted molar refractivity (Wildman–Crippen MR) is 392 cm³/mol. The van der Waals surface area contributed by atoms with E-state index in [4.69, 9.17) is 9.97 Å². The number of aromatic nitrogens is 5. The van der Waals surface area contributed by atoms with E-state index in [2.05, 4.69) is 328 Å². The third kappa shape index (κ3) is 7.08. The van der Waals surface area contributed by atoms with E-state index in [1.54, 1.807) is 0 Å². The highest BCUT2D eigenvalue weighted by Gasteiger charge is 2.41. The van der Waals surface area contributed by atoms with Gasteiger partial charge >= 0.3 is 0 Å². The lowest BCUT2D eigenvalue weighted by atomic mass is 9.80. The Morgan fingerprint density at radius 2 is 0.638 bits per heavy atom. The Morgan fingerprint density at radius 3 is 1.11 bits per heavy atom. The van der Waals surface area contributed by atoms with Gasteiger partial charge in [0.15, 0.2) is 5.82 Å². The van der Waals surface area contributed by atoms with Crippen molar-refractivity contribution in [1.29, 1.82) is 0 Å². The molecule has 0 unspecified atom stereocenters. The average Bonchev–Trinajstić information content (AvgIpc) is 1.56. The Bertz CT molecular complexity index is 6200. The second kappa shape index (κ2) is 18.9. The fourth-order valence-corrected chi connectivity index (χ4v) is 17.9. The van der Waals surface area contributed by atoms with Gasteiger partial charge in [0.1, 0.15) is 0 Å². The van der Waals surface area contributed by atoms with Gasteiger partial charge in [0.2, 0.25) is 0 Å². The van der Waals surface area contributed by atoms with E-state index in [0.717, 1.165) is 55.9 Å². The monoisotopic (exact) mass is 1200 g/mol. The molecule has 5 heteroatoms. The molecule has 0 saturated heterocycles. The number of benzene rings is 13. The fourth-order valence-electron chi connectivity index (χ4n) is 17.9. The summed E-state index contributed by atoms with van der Waals surface area (Å²) in [7, 11) is 0. The molecule has 4 aromatic heterocycles. The van der Waals surface area contributed by atoms with Crippen molar-refractivity contribution >= 4 is 76.3 Å². The van der Waals surface area contributed by atoms with Crippen LogP contribution in [0, 0.1) is 0 Å². The van der Waals surface area contributed by atoms with Crippen molar-refractivity contribution in [3.63, 3.8) is 0 Å². The van der Waals surface area contributed by atoms with E-state index in [1.165, 1.54) is 132 Å². The molecule has 17 aromatic rings. The summed E-state index contributed by atoms with van der Waals surface area (Å²) in [5, 5.41) is 8.72. The molecule has 0 N–H and O–H groups in total. The zero-order valence-corrected chi connectivity index (χ0v) is 53.2. The molecule has 3 aliphatic carbocycles. The van der Waals surface area contributed by atoms with Crippen LogP contribution in [0.4, 0.5) is 0 Å². The first-order chi connectivity index (χ1) is 45.9. The summed E-state index contributed by atoms with van der Waals surface area (Å²) < 4.78 is 7.38. The predicted octanol–water partition coefficient (Wildman–Crippen LogP) is 22.8. The van der Waals surface area contributed by atoms with Gasteiger partial charge < -0.3 is 13.7 Å². The van der Waals surface area contributed by atoms with Crippen LogP contribution in [0.2, 0.25) is 0 Å². The largest absolute Gasteiger partial charge is 0.309 e. The van der Waals surface area contributed by atoms with Gasteiger partial charge in [-0.05, 0) is 163 Å². The third-order valence-corrected chi connectivity index (χ3v) is 22.0. The Morgan fingerprint density at radius 1 is 0.255 bits per heavy atom. The maximum Gasteiger partial charge on any atom is 0.160 e. The van der Waals surface area contributed by atoms with Crippen LogP contribution < -0.4 is 0 Å². The van der Waals surface area contributed by atoms with Crippen LogP contribution in [0.3, 0.4) is 0 Å². The Balaban J connectivity index is 0.755. The van der Waals surface area contributed by atoms with Crippen molar-refractivity contribution in [3.05, 3.63) is 306 Å². The molecule has 0 atom stereocenters. The number of hydrogen-bond donors (Lipinski definition) is 0. The topological polar surface area (TPSA) is 40.6 Å². The number of fused-ring (bicyclic) bond motifs is 22. The zero-order chi connectivity index (χ0) is 62.7. The van der Waals surface area contributed by atoms with Gasteiger partial charge in [-0.25, -0.2) is 9.97 Å². The lowest BCUT2D eigenvalue weighted by molar-refractivity contribution is 0.666. The summed E-state index contributed by atoms with van der Waals surface area (Å²) in [6.07, 6.45) is 0. The van der Waals surface area contributed by atoms with Crippen LogP contribution in [-0.2, 0) is 16.2 Å². The maximum atomic E-state index is 5.73. The molecule has 20 rings (SSSR count). The lowest BCUT2D eigenvalue weighted by Crippen LogP contribution is -2.15. The minimum Gasteiger partial charge on any atom is -0.309 e. The smallest absolute Gasteiger partial charge is 0.160 e. The standard InChI is InChI=1S/C89H63N5/c1-87(2)69-31-13-7-25-59(69)62-42-46-76-79(82(62)87)65-28-10-16-34-73(65)92(76)56-40-37-52(38-41-56)85-68-51-54(53-21-19-23-57(49-53)93-74-35-17-11-29-66(74)80-77(93)47-43-63-60-26-8-14-32-70(60)88(3,4)83(63)80)39-45-72(68)90-86(91-85)55-22-20-24-58(50-55)94-75-36-18-12-30-67(75)81-78(94)48-44-64-61-27-9-15-33-71(61)89(5,6)84(64)81/h7-51H,1-6H3. The Labute approximate surface area is 545 Å². The number of hydrogen-bond acceptors (Lipinski definition) is 2. The molecule has 4 heterocycles. The number of para-hydroxylation sites is 3. The van der Waals surface area contributed by atoms with Gasteiger partial charge in [-0.2, -0.15) is 0 Å². The molecular weight excluding hydrogens is 1140 g/mol. The summed E-state index contributed by atoms with van der Waals surface area (Å²) >= 11 is 0. The minimum absolute atomic E-state index is 0.162.